The predicted octanol–water partition coefficient (Wildman–Crippen LogP) is 3.61. The molecule has 2 rings (SSSR count). The van der Waals surface area contributed by atoms with Gasteiger partial charge in [0.15, 0.2) is 0 Å². The molecule has 0 aromatic heterocycles. The Hall–Kier alpha value is -1.39. The summed E-state index contributed by atoms with van der Waals surface area (Å²) >= 11 is 1.32. The smallest absolute Gasteiger partial charge is 0.124 e. The molecule has 0 unspecified atom stereocenters. The number of rotatable bonds is 3. The van der Waals surface area contributed by atoms with E-state index in [1.807, 2.05) is 0 Å². The highest BCUT2D eigenvalue weighted by Gasteiger charge is 2.02. The van der Waals surface area contributed by atoms with E-state index in [-0.39, 0.29) is 18.2 Å². The summed E-state index contributed by atoms with van der Waals surface area (Å²) in [6.45, 7) is -0.200. The molecule has 0 saturated carbocycles. The third-order valence-electron chi connectivity index (χ3n) is 2.16. The van der Waals surface area contributed by atoms with Gasteiger partial charge in [0, 0.05) is 9.79 Å². The van der Waals surface area contributed by atoms with Gasteiger partial charge < -0.3 is 5.11 Å². The first-order valence-corrected chi connectivity index (χ1v) is 5.83. The number of hydrogen-bond donors (Lipinski definition) is 1. The largest absolute Gasteiger partial charge is 0.392 e. The van der Waals surface area contributed by atoms with Gasteiger partial charge in [0.2, 0.25) is 0 Å². The fourth-order valence-electron chi connectivity index (χ4n) is 1.41. The van der Waals surface area contributed by atoms with E-state index in [1.54, 1.807) is 18.2 Å². The normalized spacial score (nSPS) is 10.5. The van der Waals surface area contributed by atoms with Crippen LogP contribution in [-0.4, -0.2) is 5.11 Å². The molecule has 2 aromatic rings. The summed E-state index contributed by atoms with van der Waals surface area (Å²) in [5, 5.41) is 8.96. The minimum atomic E-state index is -0.388. The predicted molar refractivity (Wildman–Crippen MR) is 62.8 cm³/mol. The van der Waals surface area contributed by atoms with Crippen LogP contribution >= 0.6 is 11.8 Å². The van der Waals surface area contributed by atoms with Crippen LogP contribution in [0.2, 0.25) is 0 Å². The average molecular weight is 252 g/mol. The van der Waals surface area contributed by atoms with Gasteiger partial charge in [0.05, 0.1) is 6.61 Å². The van der Waals surface area contributed by atoms with Crippen LogP contribution in [0.1, 0.15) is 5.56 Å². The van der Waals surface area contributed by atoms with Crippen LogP contribution < -0.4 is 0 Å². The monoisotopic (exact) mass is 252 g/mol. The molecule has 0 fully saturated rings. The highest BCUT2D eigenvalue weighted by molar-refractivity contribution is 7.99. The van der Waals surface area contributed by atoms with Crippen molar-refractivity contribution in [3.05, 3.63) is 59.7 Å². The summed E-state index contributed by atoms with van der Waals surface area (Å²) in [6.07, 6.45) is 0. The molecule has 88 valence electrons. The van der Waals surface area contributed by atoms with E-state index in [1.165, 1.54) is 36.0 Å². The topological polar surface area (TPSA) is 20.2 Å². The average Bonchev–Trinajstić information content (AvgIpc) is 2.31. The quantitative estimate of drug-likeness (QED) is 0.900. The molecule has 0 bridgehead atoms. The molecule has 0 aliphatic carbocycles. The first-order valence-electron chi connectivity index (χ1n) is 5.01. The van der Waals surface area contributed by atoms with Gasteiger partial charge in [-0.25, -0.2) is 8.78 Å². The van der Waals surface area contributed by atoms with Crippen molar-refractivity contribution in [1.82, 2.24) is 0 Å². The van der Waals surface area contributed by atoms with Gasteiger partial charge in [-0.1, -0.05) is 11.8 Å². The van der Waals surface area contributed by atoms with Crippen molar-refractivity contribution in [3.63, 3.8) is 0 Å². The van der Waals surface area contributed by atoms with Crippen molar-refractivity contribution in [2.45, 2.75) is 16.4 Å². The molecule has 0 radical (unpaired) electrons. The van der Waals surface area contributed by atoms with Gasteiger partial charge in [-0.2, -0.15) is 0 Å². The van der Waals surface area contributed by atoms with Crippen LogP contribution in [0.15, 0.2) is 52.3 Å². The first kappa shape index (κ1) is 12.1. The zero-order valence-corrected chi connectivity index (χ0v) is 9.68. The lowest BCUT2D eigenvalue weighted by atomic mass is 10.2. The lowest BCUT2D eigenvalue weighted by Crippen LogP contribution is -1.86. The summed E-state index contributed by atoms with van der Waals surface area (Å²) in [7, 11) is 0. The minimum absolute atomic E-state index is 0.200. The Labute approximate surface area is 102 Å². The molecule has 2 aromatic carbocycles. The number of aliphatic hydroxyl groups excluding tert-OH is 1. The SMILES string of the molecule is OCc1cc(F)cc(Sc2ccc(F)cc2)c1. The Morgan fingerprint density at radius 2 is 1.59 bits per heavy atom. The molecular formula is C13H10F2OS. The summed E-state index contributed by atoms with van der Waals surface area (Å²) in [6, 6.07) is 10.3. The van der Waals surface area contributed by atoms with E-state index < -0.39 is 0 Å². The molecule has 0 amide bonds. The van der Waals surface area contributed by atoms with Gasteiger partial charge in [-0.15, -0.1) is 0 Å². The Balaban J connectivity index is 2.23. The molecule has 1 nitrogen and oxygen atoms in total. The summed E-state index contributed by atoms with van der Waals surface area (Å²) in [5.74, 6) is -0.689. The Bertz CT molecular complexity index is 511. The van der Waals surface area contributed by atoms with Crippen molar-refractivity contribution in [1.29, 1.82) is 0 Å². The lowest BCUT2D eigenvalue weighted by Gasteiger charge is -2.04. The molecular weight excluding hydrogens is 242 g/mol. The van der Waals surface area contributed by atoms with Crippen LogP contribution in [-0.2, 0) is 6.61 Å². The summed E-state index contributed by atoms with van der Waals surface area (Å²) in [5.41, 5.74) is 0.523. The molecule has 0 saturated heterocycles. The van der Waals surface area contributed by atoms with E-state index >= 15 is 0 Å². The molecule has 1 N–H and O–H groups in total. The first-order chi connectivity index (χ1) is 8.17. The fourth-order valence-corrected chi connectivity index (χ4v) is 2.34. The van der Waals surface area contributed by atoms with Crippen LogP contribution in [0, 0.1) is 11.6 Å². The number of halogens is 2. The Morgan fingerprint density at radius 3 is 2.24 bits per heavy atom. The standard InChI is InChI=1S/C13H10F2OS/c14-10-1-3-12(4-2-10)17-13-6-9(8-16)5-11(15)7-13/h1-7,16H,8H2. The van der Waals surface area contributed by atoms with E-state index in [9.17, 15) is 8.78 Å². The van der Waals surface area contributed by atoms with E-state index in [0.29, 0.717) is 10.5 Å². The fraction of sp³-hybridized carbons (Fsp3) is 0.0769. The van der Waals surface area contributed by atoms with Crippen LogP contribution in [0.4, 0.5) is 8.78 Å². The van der Waals surface area contributed by atoms with E-state index in [4.69, 9.17) is 5.11 Å². The van der Waals surface area contributed by atoms with Crippen LogP contribution in [0.25, 0.3) is 0 Å². The molecule has 0 atom stereocenters. The van der Waals surface area contributed by atoms with Crippen molar-refractivity contribution in [2.24, 2.45) is 0 Å². The Kier molecular flexibility index (Phi) is 3.76. The minimum Gasteiger partial charge on any atom is -0.392 e. The second-order valence-corrected chi connectivity index (χ2v) is 4.66. The van der Waals surface area contributed by atoms with Gasteiger partial charge in [0.1, 0.15) is 11.6 Å². The molecule has 4 heteroatoms. The van der Waals surface area contributed by atoms with Crippen molar-refractivity contribution >= 4 is 11.8 Å². The van der Waals surface area contributed by atoms with Gasteiger partial charge in [0.25, 0.3) is 0 Å². The highest BCUT2D eigenvalue weighted by Crippen LogP contribution is 2.29. The van der Waals surface area contributed by atoms with Crippen molar-refractivity contribution < 1.29 is 13.9 Å². The van der Waals surface area contributed by atoms with Gasteiger partial charge in [-0.05, 0) is 48.0 Å². The van der Waals surface area contributed by atoms with Crippen molar-refractivity contribution in [2.75, 3.05) is 0 Å². The van der Waals surface area contributed by atoms with Crippen LogP contribution in [0.3, 0.4) is 0 Å². The maximum Gasteiger partial charge on any atom is 0.124 e. The maximum atomic E-state index is 13.2. The Morgan fingerprint density at radius 1 is 0.882 bits per heavy atom. The number of benzene rings is 2. The number of hydrogen-bond acceptors (Lipinski definition) is 2. The van der Waals surface area contributed by atoms with Crippen molar-refractivity contribution in [3.8, 4) is 0 Å². The summed E-state index contributed by atoms with van der Waals surface area (Å²) < 4.78 is 25.9. The van der Waals surface area contributed by atoms with Gasteiger partial charge >= 0.3 is 0 Å². The van der Waals surface area contributed by atoms with Crippen LogP contribution in [0.5, 0.6) is 0 Å². The second kappa shape index (κ2) is 5.29. The molecule has 0 heterocycles. The number of aliphatic hydroxyl groups is 1. The second-order valence-electron chi connectivity index (χ2n) is 3.51. The molecule has 0 aliphatic heterocycles. The van der Waals surface area contributed by atoms with Gasteiger partial charge in [-0.3, -0.25) is 0 Å². The zero-order valence-electron chi connectivity index (χ0n) is 8.86. The third-order valence-corrected chi connectivity index (χ3v) is 3.14. The third kappa shape index (κ3) is 3.28. The molecule has 17 heavy (non-hydrogen) atoms. The van der Waals surface area contributed by atoms with E-state index in [2.05, 4.69) is 0 Å². The molecule has 0 spiro atoms. The lowest BCUT2D eigenvalue weighted by molar-refractivity contribution is 0.281. The van der Waals surface area contributed by atoms with E-state index in [0.717, 1.165) is 4.90 Å². The zero-order chi connectivity index (χ0) is 12.3. The molecule has 0 aliphatic rings. The highest BCUT2D eigenvalue weighted by atomic mass is 32.2. The maximum absolute atomic E-state index is 13.2. The summed E-state index contributed by atoms with van der Waals surface area (Å²) in [4.78, 5) is 1.50.